The highest BCUT2D eigenvalue weighted by Gasteiger charge is 2.05. The molecule has 2 aromatic heterocycles. The van der Waals surface area contributed by atoms with Gasteiger partial charge >= 0.3 is 0 Å². The Kier molecular flexibility index (Phi) is 2.96. The maximum absolute atomic E-state index is 13.2. The Labute approximate surface area is 87.2 Å². The number of nitrogen functional groups attached to an aromatic ring is 1. The molecule has 0 unspecified atom stereocenters. The van der Waals surface area contributed by atoms with Gasteiger partial charge in [-0.2, -0.15) is 0 Å². The molecule has 2 aromatic rings. The van der Waals surface area contributed by atoms with E-state index in [1.807, 2.05) is 6.92 Å². The molecule has 14 heavy (non-hydrogen) atoms. The number of nitrogens with two attached hydrogens (primary N) is 1. The standard InChI is InChI=1S/C9H10FN3.ClH/c1-2-7-5-13-4-6(11)3-8(10)9(13)12-7;/h3-5H,2,11H2,1H3;1H. The van der Waals surface area contributed by atoms with Crippen LogP contribution in [-0.4, -0.2) is 9.38 Å². The zero-order valence-corrected chi connectivity index (χ0v) is 8.51. The van der Waals surface area contributed by atoms with Gasteiger partial charge in [-0.3, -0.25) is 0 Å². The quantitative estimate of drug-likeness (QED) is 0.791. The van der Waals surface area contributed by atoms with Crippen LogP contribution in [0.25, 0.3) is 5.65 Å². The maximum Gasteiger partial charge on any atom is 0.173 e. The number of anilines is 1. The molecule has 0 aliphatic rings. The third kappa shape index (κ3) is 1.65. The Morgan fingerprint density at radius 2 is 2.21 bits per heavy atom. The van der Waals surface area contributed by atoms with Gasteiger partial charge in [0.1, 0.15) is 0 Å². The average molecular weight is 216 g/mol. The van der Waals surface area contributed by atoms with Crippen molar-refractivity contribution in [3.8, 4) is 0 Å². The first kappa shape index (κ1) is 10.8. The van der Waals surface area contributed by atoms with E-state index in [0.717, 1.165) is 12.1 Å². The van der Waals surface area contributed by atoms with E-state index in [0.29, 0.717) is 11.3 Å². The molecule has 0 bridgehead atoms. The first-order chi connectivity index (χ1) is 6.20. The molecule has 5 heteroatoms. The van der Waals surface area contributed by atoms with Crippen LogP contribution < -0.4 is 5.73 Å². The summed E-state index contributed by atoms with van der Waals surface area (Å²) < 4.78 is 14.8. The molecule has 0 aliphatic carbocycles. The zero-order valence-electron chi connectivity index (χ0n) is 7.70. The minimum Gasteiger partial charge on any atom is -0.397 e. The molecule has 0 atom stereocenters. The van der Waals surface area contributed by atoms with E-state index in [4.69, 9.17) is 5.73 Å². The molecule has 0 saturated carbocycles. The summed E-state index contributed by atoms with van der Waals surface area (Å²) in [5.41, 5.74) is 7.10. The lowest BCUT2D eigenvalue weighted by atomic mass is 10.4. The minimum atomic E-state index is -0.375. The first-order valence-electron chi connectivity index (χ1n) is 4.13. The number of hydrogen-bond acceptors (Lipinski definition) is 2. The molecule has 2 heterocycles. The number of rotatable bonds is 1. The van der Waals surface area contributed by atoms with E-state index in [2.05, 4.69) is 4.98 Å². The lowest BCUT2D eigenvalue weighted by Crippen LogP contribution is -1.93. The van der Waals surface area contributed by atoms with Crippen LogP contribution in [0.2, 0.25) is 0 Å². The molecule has 0 radical (unpaired) electrons. The highest BCUT2D eigenvalue weighted by molar-refractivity contribution is 5.85. The Hall–Kier alpha value is -1.29. The van der Waals surface area contributed by atoms with Gasteiger partial charge in [-0.15, -0.1) is 12.4 Å². The molecule has 76 valence electrons. The minimum absolute atomic E-state index is 0. The second-order valence-electron chi connectivity index (χ2n) is 2.94. The number of halogens is 2. The lowest BCUT2D eigenvalue weighted by molar-refractivity contribution is 0.630. The molecule has 3 nitrogen and oxygen atoms in total. The van der Waals surface area contributed by atoms with Gasteiger partial charge in [0.05, 0.1) is 11.4 Å². The topological polar surface area (TPSA) is 43.3 Å². The van der Waals surface area contributed by atoms with Crippen molar-refractivity contribution in [1.29, 1.82) is 0 Å². The summed E-state index contributed by atoms with van der Waals surface area (Å²) in [6.45, 7) is 1.98. The number of aryl methyl sites for hydroxylation is 1. The number of imidazole rings is 1. The third-order valence-corrected chi connectivity index (χ3v) is 1.94. The van der Waals surface area contributed by atoms with Gasteiger partial charge < -0.3 is 10.1 Å². The molecule has 0 aliphatic heterocycles. The van der Waals surface area contributed by atoms with Gasteiger partial charge in [-0.1, -0.05) is 6.92 Å². The van der Waals surface area contributed by atoms with Crippen LogP contribution in [0.3, 0.4) is 0 Å². The van der Waals surface area contributed by atoms with Crippen molar-refractivity contribution in [2.24, 2.45) is 0 Å². The molecule has 0 fully saturated rings. The normalized spacial score (nSPS) is 10.1. The molecule has 0 saturated heterocycles. The van der Waals surface area contributed by atoms with Gasteiger partial charge in [0, 0.05) is 18.5 Å². The first-order valence-corrected chi connectivity index (χ1v) is 4.13. The Bertz CT molecular complexity index is 452. The highest BCUT2D eigenvalue weighted by atomic mass is 35.5. The summed E-state index contributed by atoms with van der Waals surface area (Å²) in [5, 5.41) is 0. The van der Waals surface area contributed by atoms with Crippen molar-refractivity contribution in [2.45, 2.75) is 13.3 Å². The average Bonchev–Trinajstić information content (AvgIpc) is 2.47. The Morgan fingerprint density at radius 1 is 1.50 bits per heavy atom. The van der Waals surface area contributed by atoms with Gasteiger partial charge in [-0.05, 0) is 6.42 Å². The van der Waals surface area contributed by atoms with Gasteiger partial charge in [-0.25, -0.2) is 9.37 Å². The lowest BCUT2D eigenvalue weighted by Gasteiger charge is -1.96. The molecule has 0 spiro atoms. The van der Waals surface area contributed by atoms with Gasteiger partial charge in [0.25, 0.3) is 0 Å². The summed E-state index contributed by atoms with van der Waals surface area (Å²) in [4.78, 5) is 4.10. The Morgan fingerprint density at radius 3 is 2.86 bits per heavy atom. The summed E-state index contributed by atoms with van der Waals surface area (Å²) in [6.07, 6.45) is 4.24. The number of pyridine rings is 1. The van der Waals surface area contributed by atoms with Gasteiger partial charge in [0.2, 0.25) is 0 Å². The molecular weight excluding hydrogens is 205 g/mol. The fraction of sp³-hybridized carbons (Fsp3) is 0.222. The molecule has 0 aromatic carbocycles. The summed E-state index contributed by atoms with van der Waals surface area (Å²) >= 11 is 0. The van der Waals surface area contributed by atoms with E-state index < -0.39 is 0 Å². The number of aromatic nitrogens is 2. The third-order valence-electron chi connectivity index (χ3n) is 1.94. The fourth-order valence-electron chi connectivity index (χ4n) is 1.30. The predicted molar refractivity (Wildman–Crippen MR) is 56.2 cm³/mol. The zero-order chi connectivity index (χ0) is 9.42. The fourth-order valence-corrected chi connectivity index (χ4v) is 1.30. The Balaban J connectivity index is 0.000000980. The van der Waals surface area contributed by atoms with Crippen LogP contribution in [0.5, 0.6) is 0 Å². The second kappa shape index (κ2) is 3.84. The number of nitrogens with zero attached hydrogens (tertiary/aromatic N) is 2. The van der Waals surface area contributed by atoms with Crippen molar-refractivity contribution in [3.05, 3.63) is 30.0 Å². The maximum atomic E-state index is 13.2. The molecular formula is C9H11ClFN3. The summed E-state index contributed by atoms with van der Waals surface area (Å²) in [5.74, 6) is -0.375. The number of fused-ring (bicyclic) bond motifs is 1. The van der Waals surface area contributed by atoms with Crippen molar-refractivity contribution in [1.82, 2.24) is 9.38 Å². The van der Waals surface area contributed by atoms with E-state index >= 15 is 0 Å². The number of hydrogen-bond donors (Lipinski definition) is 1. The van der Waals surface area contributed by atoms with Crippen LogP contribution in [0.4, 0.5) is 10.1 Å². The van der Waals surface area contributed by atoms with Gasteiger partial charge in [0.15, 0.2) is 11.5 Å². The van der Waals surface area contributed by atoms with E-state index in [1.54, 1.807) is 16.8 Å². The van der Waals surface area contributed by atoms with E-state index in [9.17, 15) is 4.39 Å². The van der Waals surface area contributed by atoms with E-state index in [1.165, 1.54) is 6.07 Å². The highest BCUT2D eigenvalue weighted by Crippen LogP contribution is 2.13. The van der Waals surface area contributed by atoms with Crippen molar-refractivity contribution < 1.29 is 4.39 Å². The van der Waals surface area contributed by atoms with Crippen LogP contribution in [0, 0.1) is 5.82 Å². The summed E-state index contributed by atoms with van der Waals surface area (Å²) in [6, 6.07) is 1.28. The molecule has 2 rings (SSSR count). The SMILES string of the molecule is CCc1cn2cc(N)cc(F)c2n1.Cl. The van der Waals surface area contributed by atoms with Crippen LogP contribution in [0.1, 0.15) is 12.6 Å². The van der Waals surface area contributed by atoms with E-state index in [-0.39, 0.29) is 18.2 Å². The summed E-state index contributed by atoms with van der Waals surface area (Å²) in [7, 11) is 0. The largest absolute Gasteiger partial charge is 0.397 e. The van der Waals surface area contributed by atoms with Crippen molar-refractivity contribution in [2.75, 3.05) is 5.73 Å². The van der Waals surface area contributed by atoms with Crippen molar-refractivity contribution in [3.63, 3.8) is 0 Å². The van der Waals surface area contributed by atoms with Crippen LogP contribution in [0.15, 0.2) is 18.5 Å². The predicted octanol–water partition coefficient (Wildman–Crippen LogP) is 2.04. The second-order valence-corrected chi connectivity index (χ2v) is 2.94. The van der Waals surface area contributed by atoms with Crippen LogP contribution in [-0.2, 0) is 6.42 Å². The molecule has 2 N–H and O–H groups in total. The smallest absolute Gasteiger partial charge is 0.173 e. The van der Waals surface area contributed by atoms with Crippen LogP contribution >= 0.6 is 12.4 Å². The monoisotopic (exact) mass is 215 g/mol. The van der Waals surface area contributed by atoms with Crippen molar-refractivity contribution >= 4 is 23.7 Å². The molecule has 0 amide bonds.